The summed E-state index contributed by atoms with van der Waals surface area (Å²) in [5, 5.41) is 0. The number of imidazole rings is 1. The van der Waals surface area contributed by atoms with Crippen LogP contribution in [0.25, 0.3) is 5.65 Å². The van der Waals surface area contributed by atoms with E-state index in [0.717, 1.165) is 12.1 Å². The fourth-order valence-electron chi connectivity index (χ4n) is 3.46. The molecule has 2 aromatic heterocycles. The quantitative estimate of drug-likeness (QED) is 0.852. The van der Waals surface area contributed by atoms with Gasteiger partial charge in [-0.3, -0.25) is 4.90 Å². The van der Waals surface area contributed by atoms with E-state index in [1.807, 2.05) is 0 Å². The van der Waals surface area contributed by atoms with Crippen molar-refractivity contribution in [3.8, 4) is 0 Å². The number of nitrogens with zero attached hydrogens (tertiary/aromatic N) is 3. The summed E-state index contributed by atoms with van der Waals surface area (Å²) >= 11 is 0. The molecule has 20 heavy (non-hydrogen) atoms. The summed E-state index contributed by atoms with van der Waals surface area (Å²) in [5.74, 6) is 0. The van der Waals surface area contributed by atoms with E-state index in [4.69, 9.17) is 4.98 Å². The Morgan fingerprint density at radius 3 is 2.90 bits per heavy atom. The van der Waals surface area contributed by atoms with E-state index in [9.17, 15) is 0 Å². The minimum atomic E-state index is 0.638. The maximum absolute atomic E-state index is 4.80. The average Bonchev–Trinajstić information content (AvgIpc) is 2.83. The lowest BCUT2D eigenvalue weighted by Gasteiger charge is -2.38. The smallest absolute Gasteiger partial charge is 0.137 e. The van der Waals surface area contributed by atoms with E-state index in [2.05, 4.69) is 54.5 Å². The molecule has 3 heterocycles. The first kappa shape index (κ1) is 13.6. The summed E-state index contributed by atoms with van der Waals surface area (Å²) in [7, 11) is 0. The van der Waals surface area contributed by atoms with Crippen LogP contribution in [0.15, 0.2) is 24.4 Å². The van der Waals surface area contributed by atoms with Gasteiger partial charge in [-0.1, -0.05) is 12.5 Å². The number of piperidine rings is 1. The molecule has 1 fully saturated rings. The van der Waals surface area contributed by atoms with Crippen molar-refractivity contribution in [3.63, 3.8) is 0 Å². The molecule has 3 nitrogen and oxygen atoms in total. The summed E-state index contributed by atoms with van der Waals surface area (Å²) < 4.78 is 2.21. The number of aromatic nitrogens is 2. The second-order valence-electron chi connectivity index (χ2n) is 6.31. The minimum Gasteiger partial charge on any atom is -0.304 e. The van der Waals surface area contributed by atoms with E-state index < -0.39 is 0 Å². The predicted molar refractivity (Wildman–Crippen MR) is 83.1 cm³/mol. The molecule has 0 saturated carbocycles. The third-order valence-electron chi connectivity index (χ3n) is 4.53. The van der Waals surface area contributed by atoms with Crippen LogP contribution in [-0.4, -0.2) is 32.9 Å². The fourth-order valence-corrected chi connectivity index (χ4v) is 3.46. The Kier molecular flexibility index (Phi) is 3.79. The Bertz CT molecular complexity index is 585. The number of pyridine rings is 1. The Morgan fingerprint density at radius 2 is 2.15 bits per heavy atom. The SMILES string of the molecule is Cc1cccc2nc(CC3CCCCN3C(C)C)cn12. The van der Waals surface area contributed by atoms with Crippen LogP contribution in [-0.2, 0) is 6.42 Å². The first-order chi connectivity index (χ1) is 9.65. The summed E-state index contributed by atoms with van der Waals surface area (Å²) in [5.41, 5.74) is 3.56. The topological polar surface area (TPSA) is 20.5 Å². The van der Waals surface area contributed by atoms with Crippen molar-refractivity contribution in [2.45, 2.75) is 58.5 Å². The Hall–Kier alpha value is -1.35. The molecule has 1 aliphatic heterocycles. The first-order valence-corrected chi connectivity index (χ1v) is 7.84. The molecule has 108 valence electrons. The number of aryl methyl sites for hydroxylation is 1. The number of fused-ring (bicyclic) bond motifs is 1. The van der Waals surface area contributed by atoms with Gasteiger partial charge in [-0.25, -0.2) is 4.98 Å². The van der Waals surface area contributed by atoms with Gasteiger partial charge in [0.15, 0.2) is 0 Å². The molecule has 0 aromatic carbocycles. The molecular weight excluding hydrogens is 246 g/mol. The molecule has 2 aromatic rings. The van der Waals surface area contributed by atoms with Crippen molar-refractivity contribution in [1.29, 1.82) is 0 Å². The minimum absolute atomic E-state index is 0.638. The highest BCUT2D eigenvalue weighted by molar-refractivity contribution is 5.41. The van der Waals surface area contributed by atoms with Crippen LogP contribution in [0, 0.1) is 6.92 Å². The van der Waals surface area contributed by atoms with Crippen molar-refractivity contribution in [1.82, 2.24) is 14.3 Å². The lowest BCUT2D eigenvalue weighted by Crippen LogP contribution is -2.45. The second kappa shape index (κ2) is 5.57. The summed E-state index contributed by atoms with van der Waals surface area (Å²) in [6.45, 7) is 8.01. The Morgan fingerprint density at radius 1 is 1.30 bits per heavy atom. The van der Waals surface area contributed by atoms with E-state index in [1.54, 1.807) is 0 Å². The second-order valence-corrected chi connectivity index (χ2v) is 6.31. The zero-order valence-electron chi connectivity index (χ0n) is 12.8. The number of rotatable bonds is 3. The van der Waals surface area contributed by atoms with E-state index >= 15 is 0 Å². The number of likely N-dealkylation sites (tertiary alicyclic amines) is 1. The van der Waals surface area contributed by atoms with Crippen LogP contribution in [0.3, 0.4) is 0 Å². The highest BCUT2D eigenvalue weighted by Crippen LogP contribution is 2.23. The molecule has 3 rings (SSSR count). The maximum Gasteiger partial charge on any atom is 0.137 e. The van der Waals surface area contributed by atoms with Crippen molar-refractivity contribution < 1.29 is 0 Å². The zero-order valence-corrected chi connectivity index (χ0v) is 12.8. The molecule has 0 bridgehead atoms. The Balaban J connectivity index is 1.82. The summed E-state index contributed by atoms with van der Waals surface area (Å²) in [6, 6.07) is 7.62. The Labute approximate surface area is 121 Å². The number of hydrogen-bond acceptors (Lipinski definition) is 2. The highest BCUT2D eigenvalue weighted by Gasteiger charge is 2.25. The van der Waals surface area contributed by atoms with Crippen LogP contribution in [0.1, 0.15) is 44.5 Å². The lowest BCUT2D eigenvalue weighted by molar-refractivity contribution is 0.111. The van der Waals surface area contributed by atoms with Crippen LogP contribution < -0.4 is 0 Å². The van der Waals surface area contributed by atoms with Gasteiger partial charge in [-0.2, -0.15) is 0 Å². The molecule has 3 heteroatoms. The molecule has 0 radical (unpaired) electrons. The van der Waals surface area contributed by atoms with Gasteiger partial charge in [0.25, 0.3) is 0 Å². The van der Waals surface area contributed by atoms with Crippen molar-refractivity contribution in [2.24, 2.45) is 0 Å². The van der Waals surface area contributed by atoms with Gasteiger partial charge in [-0.15, -0.1) is 0 Å². The van der Waals surface area contributed by atoms with Gasteiger partial charge in [0, 0.05) is 30.4 Å². The third kappa shape index (κ3) is 2.59. The third-order valence-corrected chi connectivity index (χ3v) is 4.53. The number of hydrogen-bond donors (Lipinski definition) is 0. The van der Waals surface area contributed by atoms with Gasteiger partial charge in [0.1, 0.15) is 5.65 Å². The zero-order chi connectivity index (χ0) is 14.1. The van der Waals surface area contributed by atoms with Crippen molar-refractivity contribution in [2.75, 3.05) is 6.54 Å². The van der Waals surface area contributed by atoms with Crippen LogP contribution >= 0.6 is 0 Å². The molecule has 0 amide bonds. The predicted octanol–water partition coefficient (Wildman–Crippen LogP) is 3.45. The monoisotopic (exact) mass is 271 g/mol. The highest BCUT2D eigenvalue weighted by atomic mass is 15.2. The molecule has 0 aliphatic carbocycles. The van der Waals surface area contributed by atoms with Gasteiger partial charge in [0.05, 0.1) is 5.69 Å². The van der Waals surface area contributed by atoms with Crippen LogP contribution in [0.4, 0.5) is 0 Å². The normalized spacial score (nSPS) is 20.9. The van der Waals surface area contributed by atoms with Crippen LogP contribution in [0.5, 0.6) is 0 Å². The van der Waals surface area contributed by atoms with Crippen LogP contribution in [0.2, 0.25) is 0 Å². The molecule has 1 saturated heterocycles. The standard InChI is InChI=1S/C17H25N3/c1-13(2)19-10-5-4-8-16(19)11-15-12-20-14(3)7-6-9-17(20)18-15/h6-7,9,12-13,16H,4-5,8,10-11H2,1-3H3. The maximum atomic E-state index is 4.80. The molecule has 0 spiro atoms. The largest absolute Gasteiger partial charge is 0.304 e. The van der Waals surface area contributed by atoms with Gasteiger partial charge >= 0.3 is 0 Å². The average molecular weight is 271 g/mol. The summed E-state index contributed by atoms with van der Waals surface area (Å²) in [6.07, 6.45) is 7.32. The molecule has 0 N–H and O–H groups in total. The van der Waals surface area contributed by atoms with E-state index in [0.29, 0.717) is 12.1 Å². The van der Waals surface area contributed by atoms with Gasteiger partial charge in [0.2, 0.25) is 0 Å². The molecule has 1 unspecified atom stereocenters. The molecule has 1 atom stereocenters. The fraction of sp³-hybridized carbons (Fsp3) is 0.588. The van der Waals surface area contributed by atoms with E-state index in [1.165, 1.54) is 37.2 Å². The summed E-state index contributed by atoms with van der Waals surface area (Å²) in [4.78, 5) is 7.45. The van der Waals surface area contributed by atoms with E-state index in [-0.39, 0.29) is 0 Å². The first-order valence-electron chi connectivity index (χ1n) is 7.84. The van der Waals surface area contributed by atoms with Crippen molar-refractivity contribution in [3.05, 3.63) is 35.8 Å². The van der Waals surface area contributed by atoms with Gasteiger partial charge in [-0.05, 0) is 52.3 Å². The molecular formula is C17H25N3. The van der Waals surface area contributed by atoms with Gasteiger partial charge < -0.3 is 4.40 Å². The lowest BCUT2D eigenvalue weighted by atomic mass is 9.97. The molecule has 1 aliphatic rings. The van der Waals surface area contributed by atoms with Crippen molar-refractivity contribution >= 4 is 5.65 Å².